The van der Waals surface area contributed by atoms with Gasteiger partial charge in [-0.15, -0.1) is 0 Å². The maximum absolute atomic E-state index is 13.1. The first-order valence-electron chi connectivity index (χ1n) is 5.37. The Kier molecular flexibility index (Phi) is 3.10. The number of anilines is 1. The average molecular weight is 235 g/mol. The van der Waals surface area contributed by atoms with E-state index in [1.807, 2.05) is 6.92 Å². The number of halogens is 1. The fraction of sp³-hybridized carbons (Fsp3) is 0.250. The molecular weight excluding hydrogens is 221 g/mol. The number of rotatable bonds is 3. The topological polar surface area (TPSA) is 64.1 Å². The molecule has 1 heterocycles. The van der Waals surface area contributed by atoms with Crippen molar-refractivity contribution in [3.05, 3.63) is 47.5 Å². The van der Waals surface area contributed by atoms with Crippen LogP contribution in [0, 0.1) is 5.82 Å². The van der Waals surface area contributed by atoms with E-state index in [4.69, 9.17) is 5.73 Å². The highest BCUT2D eigenvalue weighted by atomic mass is 19.1. The van der Waals surface area contributed by atoms with Gasteiger partial charge in [-0.25, -0.2) is 4.39 Å². The molecule has 1 unspecified atom stereocenters. The van der Waals surface area contributed by atoms with Gasteiger partial charge in [0.05, 0.1) is 6.20 Å². The molecule has 2 rings (SSSR count). The van der Waals surface area contributed by atoms with Gasteiger partial charge in [-0.3, -0.25) is 4.68 Å². The molecule has 3 N–H and O–H groups in total. The van der Waals surface area contributed by atoms with Crippen LogP contribution in [-0.4, -0.2) is 14.9 Å². The van der Waals surface area contributed by atoms with Crippen molar-refractivity contribution in [2.75, 3.05) is 5.73 Å². The van der Waals surface area contributed by atoms with E-state index in [-0.39, 0.29) is 0 Å². The van der Waals surface area contributed by atoms with E-state index < -0.39 is 11.9 Å². The van der Waals surface area contributed by atoms with Gasteiger partial charge in [-0.05, 0) is 25.1 Å². The van der Waals surface area contributed by atoms with Crippen LogP contribution in [-0.2, 0) is 6.54 Å². The van der Waals surface area contributed by atoms with Gasteiger partial charge < -0.3 is 10.8 Å². The zero-order valence-electron chi connectivity index (χ0n) is 9.47. The number of hydrogen-bond acceptors (Lipinski definition) is 3. The fourth-order valence-corrected chi connectivity index (χ4v) is 1.66. The van der Waals surface area contributed by atoms with E-state index in [0.29, 0.717) is 23.4 Å². The number of aliphatic hydroxyl groups is 1. The largest absolute Gasteiger partial charge is 0.398 e. The van der Waals surface area contributed by atoms with Crippen LogP contribution in [0.2, 0.25) is 0 Å². The second kappa shape index (κ2) is 4.55. The van der Waals surface area contributed by atoms with Crippen LogP contribution in [0.15, 0.2) is 30.6 Å². The van der Waals surface area contributed by atoms with E-state index in [9.17, 15) is 9.50 Å². The Balaban J connectivity index is 2.35. The van der Waals surface area contributed by atoms with E-state index in [0.717, 1.165) is 0 Å². The molecule has 0 saturated heterocycles. The fourth-order valence-electron chi connectivity index (χ4n) is 1.66. The van der Waals surface area contributed by atoms with Gasteiger partial charge in [0.1, 0.15) is 11.9 Å². The number of nitrogens with zero attached hydrogens (tertiary/aromatic N) is 2. The van der Waals surface area contributed by atoms with E-state index >= 15 is 0 Å². The summed E-state index contributed by atoms with van der Waals surface area (Å²) < 4.78 is 14.8. The normalized spacial score (nSPS) is 12.6. The van der Waals surface area contributed by atoms with Crippen molar-refractivity contribution < 1.29 is 9.50 Å². The molecular formula is C12H14FN3O. The van der Waals surface area contributed by atoms with Crippen LogP contribution in [0.5, 0.6) is 0 Å². The second-order valence-electron chi connectivity index (χ2n) is 3.81. The summed E-state index contributed by atoms with van der Waals surface area (Å²) in [5.74, 6) is -0.420. The summed E-state index contributed by atoms with van der Waals surface area (Å²) in [6.07, 6.45) is 2.32. The molecule has 0 saturated carbocycles. The van der Waals surface area contributed by atoms with Gasteiger partial charge in [0.2, 0.25) is 0 Å². The predicted octanol–water partition coefficient (Wildman–Crippen LogP) is 1.71. The Morgan fingerprint density at radius 3 is 2.94 bits per heavy atom. The van der Waals surface area contributed by atoms with Crippen LogP contribution in [0.1, 0.15) is 24.2 Å². The van der Waals surface area contributed by atoms with Gasteiger partial charge in [0.25, 0.3) is 0 Å². The Bertz CT molecular complexity index is 524. The first-order valence-corrected chi connectivity index (χ1v) is 5.37. The van der Waals surface area contributed by atoms with E-state index in [1.54, 1.807) is 17.1 Å². The molecule has 0 aliphatic carbocycles. The number of nitrogen functional groups attached to an aromatic ring is 1. The molecule has 0 bridgehead atoms. The number of aryl methyl sites for hydroxylation is 1. The summed E-state index contributed by atoms with van der Waals surface area (Å²) in [7, 11) is 0. The zero-order valence-corrected chi connectivity index (χ0v) is 9.47. The third kappa shape index (κ3) is 2.29. The van der Waals surface area contributed by atoms with Gasteiger partial charge in [-0.1, -0.05) is 0 Å². The maximum Gasteiger partial charge on any atom is 0.123 e. The summed E-state index contributed by atoms with van der Waals surface area (Å²) in [6, 6.07) is 3.95. The quantitative estimate of drug-likeness (QED) is 0.796. The minimum Gasteiger partial charge on any atom is -0.398 e. The van der Waals surface area contributed by atoms with Crippen molar-refractivity contribution in [1.29, 1.82) is 0 Å². The van der Waals surface area contributed by atoms with Crippen LogP contribution < -0.4 is 5.73 Å². The van der Waals surface area contributed by atoms with Crippen molar-refractivity contribution in [3.8, 4) is 0 Å². The Hall–Kier alpha value is -1.88. The average Bonchev–Trinajstić information content (AvgIpc) is 2.80. The monoisotopic (exact) mass is 235 g/mol. The highest BCUT2D eigenvalue weighted by Gasteiger charge is 2.16. The lowest BCUT2D eigenvalue weighted by Gasteiger charge is -2.11. The molecule has 4 nitrogen and oxygen atoms in total. The van der Waals surface area contributed by atoms with Gasteiger partial charge in [0, 0.05) is 29.6 Å². The van der Waals surface area contributed by atoms with Crippen molar-refractivity contribution in [1.82, 2.24) is 9.78 Å². The van der Waals surface area contributed by atoms with Crippen LogP contribution in [0.4, 0.5) is 10.1 Å². The van der Waals surface area contributed by atoms with Crippen LogP contribution in [0.25, 0.3) is 0 Å². The minimum atomic E-state index is -0.953. The summed E-state index contributed by atoms with van der Waals surface area (Å²) in [5.41, 5.74) is 7.04. The summed E-state index contributed by atoms with van der Waals surface area (Å²) >= 11 is 0. The second-order valence-corrected chi connectivity index (χ2v) is 3.81. The number of aliphatic hydroxyl groups excluding tert-OH is 1. The molecule has 0 aliphatic rings. The molecule has 1 aromatic carbocycles. The molecule has 5 heteroatoms. The van der Waals surface area contributed by atoms with Gasteiger partial charge in [0.15, 0.2) is 0 Å². The molecule has 2 aromatic rings. The summed E-state index contributed by atoms with van der Waals surface area (Å²) in [5, 5.41) is 14.2. The molecule has 0 aliphatic heterocycles. The van der Waals surface area contributed by atoms with Crippen molar-refractivity contribution in [3.63, 3.8) is 0 Å². The van der Waals surface area contributed by atoms with E-state index in [1.165, 1.54) is 18.2 Å². The van der Waals surface area contributed by atoms with Crippen molar-refractivity contribution in [2.45, 2.75) is 19.6 Å². The molecule has 0 amide bonds. The lowest BCUT2D eigenvalue weighted by molar-refractivity contribution is 0.220. The number of aromatic nitrogens is 2. The lowest BCUT2D eigenvalue weighted by Crippen LogP contribution is -2.03. The van der Waals surface area contributed by atoms with Crippen molar-refractivity contribution in [2.24, 2.45) is 0 Å². The smallest absolute Gasteiger partial charge is 0.123 e. The molecule has 1 aromatic heterocycles. The predicted molar refractivity (Wildman–Crippen MR) is 62.8 cm³/mol. The highest BCUT2D eigenvalue weighted by molar-refractivity contribution is 5.50. The molecule has 0 radical (unpaired) electrons. The Morgan fingerprint density at radius 1 is 1.53 bits per heavy atom. The number of nitrogens with two attached hydrogens (primary N) is 1. The maximum atomic E-state index is 13.1. The first kappa shape index (κ1) is 11.6. The molecule has 0 fully saturated rings. The minimum absolute atomic E-state index is 0.362. The van der Waals surface area contributed by atoms with Crippen molar-refractivity contribution >= 4 is 5.69 Å². The first-order chi connectivity index (χ1) is 8.11. The SMILES string of the molecule is CCn1cc(C(O)c2cc(F)ccc2N)cn1. The third-order valence-electron chi connectivity index (χ3n) is 2.64. The van der Waals surface area contributed by atoms with Crippen LogP contribution >= 0.6 is 0 Å². The standard InChI is InChI=1S/C12H14FN3O/c1-2-16-7-8(6-15-16)12(17)10-5-9(13)3-4-11(10)14/h3-7,12,17H,2,14H2,1H3. The van der Waals surface area contributed by atoms with Gasteiger partial charge in [-0.2, -0.15) is 5.10 Å². The third-order valence-corrected chi connectivity index (χ3v) is 2.64. The lowest BCUT2D eigenvalue weighted by atomic mass is 10.0. The summed E-state index contributed by atoms with van der Waals surface area (Å²) in [6.45, 7) is 2.66. The zero-order chi connectivity index (χ0) is 12.4. The number of benzene rings is 1. The van der Waals surface area contributed by atoms with Gasteiger partial charge >= 0.3 is 0 Å². The van der Waals surface area contributed by atoms with Crippen LogP contribution in [0.3, 0.4) is 0 Å². The summed E-state index contributed by atoms with van der Waals surface area (Å²) in [4.78, 5) is 0. The Labute approximate surface area is 98.5 Å². The number of hydrogen-bond donors (Lipinski definition) is 2. The molecule has 0 spiro atoms. The molecule has 17 heavy (non-hydrogen) atoms. The Morgan fingerprint density at radius 2 is 2.29 bits per heavy atom. The molecule has 1 atom stereocenters. The highest BCUT2D eigenvalue weighted by Crippen LogP contribution is 2.26. The van der Waals surface area contributed by atoms with E-state index in [2.05, 4.69) is 5.10 Å². The molecule has 90 valence electrons.